The summed E-state index contributed by atoms with van der Waals surface area (Å²) in [5.74, 6) is 1.54. The highest BCUT2D eigenvalue weighted by Gasteiger charge is 2.24. The fourth-order valence-electron chi connectivity index (χ4n) is 3.43. The number of likely N-dealkylation sites (tertiary alicyclic amines) is 1. The lowest BCUT2D eigenvalue weighted by atomic mass is 10.1. The van der Waals surface area contributed by atoms with Crippen LogP contribution in [-0.4, -0.2) is 44.8 Å². The normalized spacial score (nSPS) is 15.2. The number of amides is 2. The Kier molecular flexibility index (Phi) is 6.54. The van der Waals surface area contributed by atoms with Crippen LogP contribution < -0.4 is 20.1 Å². The lowest BCUT2D eigenvalue weighted by Crippen LogP contribution is -2.38. The number of nitrogens with one attached hydrogen (secondary N) is 2. The summed E-state index contributed by atoms with van der Waals surface area (Å²) in [6.45, 7) is 2.62. The molecule has 27 heavy (non-hydrogen) atoms. The predicted octanol–water partition coefficient (Wildman–Crippen LogP) is 3.66. The molecule has 1 unspecified atom stereocenters. The summed E-state index contributed by atoms with van der Waals surface area (Å²) < 4.78 is 10.6. The highest BCUT2D eigenvalue weighted by atomic mass is 16.5. The maximum atomic E-state index is 12.4. The zero-order chi connectivity index (χ0) is 19.1. The number of hydrogen-bond acceptors (Lipinski definition) is 4. The topological polar surface area (TPSA) is 62.8 Å². The summed E-state index contributed by atoms with van der Waals surface area (Å²) in [5, 5.41) is 5.87. The Morgan fingerprint density at radius 1 is 1.04 bits per heavy atom. The number of ether oxygens (including phenoxy) is 2. The highest BCUT2D eigenvalue weighted by Crippen LogP contribution is 2.27. The van der Waals surface area contributed by atoms with E-state index in [2.05, 4.69) is 21.6 Å². The molecule has 1 atom stereocenters. The Morgan fingerprint density at radius 2 is 1.70 bits per heavy atom. The molecule has 6 heteroatoms. The quantitative estimate of drug-likeness (QED) is 0.782. The minimum Gasteiger partial charge on any atom is -0.497 e. The van der Waals surface area contributed by atoms with E-state index in [1.54, 1.807) is 20.3 Å². The third-order valence-corrected chi connectivity index (χ3v) is 4.84. The highest BCUT2D eigenvalue weighted by molar-refractivity contribution is 5.89. The first-order chi connectivity index (χ1) is 13.2. The zero-order valence-electron chi connectivity index (χ0n) is 15.9. The van der Waals surface area contributed by atoms with Gasteiger partial charge in [0.25, 0.3) is 0 Å². The van der Waals surface area contributed by atoms with E-state index >= 15 is 0 Å². The van der Waals surface area contributed by atoms with Gasteiger partial charge in [-0.25, -0.2) is 4.79 Å². The zero-order valence-corrected chi connectivity index (χ0v) is 15.9. The summed E-state index contributed by atoms with van der Waals surface area (Å²) in [4.78, 5) is 14.8. The van der Waals surface area contributed by atoms with Gasteiger partial charge >= 0.3 is 6.03 Å². The van der Waals surface area contributed by atoms with Crippen LogP contribution in [0.2, 0.25) is 0 Å². The van der Waals surface area contributed by atoms with Crippen LogP contribution in [0.3, 0.4) is 0 Å². The average molecular weight is 369 g/mol. The molecule has 0 saturated carbocycles. The van der Waals surface area contributed by atoms with Crippen molar-refractivity contribution in [1.29, 1.82) is 0 Å². The lowest BCUT2D eigenvalue weighted by Gasteiger charge is -2.28. The second kappa shape index (κ2) is 9.28. The number of benzene rings is 2. The van der Waals surface area contributed by atoms with Crippen LogP contribution in [0.5, 0.6) is 11.5 Å². The molecule has 2 aromatic carbocycles. The van der Waals surface area contributed by atoms with Gasteiger partial charge in [0.05, 0.1) is 20.3 Å². The predicted molar refractivity (Wildman–Crippen MR) is 107 cm³/mol. The molecule has 0 aliphatic carbocycles. The van der Waals surface area contributed by atoms with Crippen LogP contribution in [0, 0.1) is 0 Å². The number of hydrogen-bond donors (Lipinski definition) is 2. The van der Waals surface area contributed by atoms with Crippen molar-refractivity contribution in [2.24, 2.45) is 0 Å². The van der Waals surface area contributed by atoms with Crippen LogP contribution in [-0.2, 0) is 0 Å². The van der Waals surface area contributed by atoms with Crippen molar-refractivity contribution in [3.63, 3.8) is 0 Å². The van der Waals surface area contributed by atoms with Crippen molar-refractivity contribution >= 4 is 11.7 Å². The second-order valence-corrected chi connectivity index (χ2v) is 6.60. The first-order valence-electron chi connectivity index (χ1n) is 9.26. The third kappa shape index (κ3) is 5.14. The molecule has 2 aromatic rings. The Labute approximate surface area is 160 Å². The number of methoxy groups -OCH3 is 2. The molecule has 144 valence electrons. The molecule has 0 aromatic heterocycles. The van der Waals surface area contributed by atoms with Crippen LogP contribution in [0.1, 0.15) is 24.4 Å². The molecule has 2 amide bonds. The Bertz CT molecular complexity index is 760. The summed E-state index contributed by atoms with van der Waals surface area (Å²) in [7, 11) is 3.28. The van der Waals surface area contributed by atoms with Gasteiger partial charge in [0, 0.05) is 18.3 Å². The first kappa shape index (κ1) is 19.0. The number of anilines is 1. The Balaban J connectivity index is 1.65. The van der Waals surface area contributed by atoms with Gasteiger partial charge in [-0.2, -0.15) is 0 Å². The molecule has 3 rings (SSSR count). The van der Waals surface area contributed by atoms with Crippen molar-refractivity contribution < 1.29 is 14.3 Å². The standard InChI is InChI=1S/C21H27N3O3/c1-26-18-9-5-7-16(13-18)20(24-11-3-4-12-24)15-22-21(25)23-17-8-6-10-19(14-17)27-2/h5-10,13-14,20H,3-4,11-12,15H2,1-2H3,(H2,22,23,25). The summed E-state index contributed by atoms with van der Waals surface area (Å²) in [5.41, 5.74) is 1.85. The molecule has 1 saturated heterocycles. The van der Waals surface area contributed by atoms with Crippen LogP contribution >= 0.6 is 0 Å². The van der Waals surface area contributed by atoms with E-state index in [1.165, 1.54) is 12.8 Å². The molecule has 0 spiro atoms. The fraction of sp³-hybridized carbons (Fsp3) is 0.381. The van der Waals surface area contributed by atoms with Gasteiger partial charge in [-0.05, 0) is 55.8 Å². The molecule has 1 heterocycles. The van der Waals surface area contributed by atoms with Gasteiger partial charge < -0.3 is 20.1 Å². The maximum absolute atomic E-state index is 12.4. The van der Waals surface area contributed by atoms with E-state index in [9.17, 15) is 4.79 Å². The van der Waals surface area contributed by atoms with Gasteiger partial charge in [-0.1, -0.05) is 18.2 Å². The van der Waals surface area contributed by atoms with Crippen molar-refractivity contribution in [2.45, 2.75) is 18.9 Å². The van der Waals surface area contributed by atoms with Gasteiger partial charge in [0.2, 0.25) is 0 Å². The van der Waals surface area contributed by atoms with Gasteiger partial charge in [-0.15, -0.1) is 0 Å². The third-order valence-electron chi connectivity index (χ3n) is 4.84. The van der Waals surface area contributed by atoms with Crippen LogP contribution in [0.15, 0.2) is 48.5 Å². The molecule has 1 aliphatic heterocycles. The fourth-order valence-corrected chi connectivity index (χ4v) is 3.43. The molecular formula is C21H27N3O3. The molecule has 1 fully saturated rings. The molecule has 0 bridgehead atoms. The average Bonchev–Trinajstić information content (AvgIpc) is 3.23. The number of nitrogens with zero attached hydrogens (tertiary/aromatic N) is 1. The van der Waals surface area contributed by atoms with Crippen molar-refractivity contribution in [2.75, 3.05) is 39.2 Å². The SMILES string of the molecule is COc1cccc(NC(=O)NCC(c2cccc(OC)c2)N2CCCC2)c1. The first-order valence-corrected chi connectivity index (χ1v) is 9.26. The summed E-state index contributed by atoms with van der Waals surface area (Å²) in [6.07, 6.45) is 2.38. The van der Waals surface area contributed by atoms with Crippen LogP contribution in [0.25, 0.3) is 0 Å². The monoisotopic (exact) mass is 369 g/mol. The molecule has 2 N–H and O–H groups in total. The van der Waals surface area contributed by atoms with E-state index in [0.29, 0.717) is 18.0 Å². The molecule has 6 nitrogen and oxygen atoms in total. The van der Waals surface area contributed by atoms with E-state index in [1.807, 2.05) is 36.4 Å². The van der Waals surface area contributed by atoms with Gasteiger partial charge in [0.15, 0.2) is 0 Å². The van der Waals surface area contributed by atoms with E-state index in [-0.39, 0.29) is 12.1 Å². The largest absolute Gasteiger partial charge is 0.497 e. The van der Waals surface area contributed by atoms with E-state index in [4.69, 9.17) is 9.47 Å². The van der Waals surface area contributed by atoms with Gasteiger partial charge in [0.1, 0.15) is 11.5 Å². The summed E-state index contributed by atoms with van der Waals surface area (Å²) in [6, 6.07) is 15.3. The van der Waals surface area contributed by atoms with Crippen molar-refractivity contribution in [3.8, 4) is 11.5 Å². The Morgan fingerprint density at radius 3 is 2.41 bits per heavy atom. The minimum atomic E-state index is -0.227. The molecular weight excluding hydrogens is 342 g/mol. The Hall–Kier alpha value is -2.73. The maximum Gasteiger partial charge on any atom is 0.319 e. The number of carbonyl (C=O) groups excluding carboxylic acids is 1. The minimum absolute atomic E-state index is 0.124. The van der Waals surface area contributed by atoms with E-state index in [0.717, 1.165) is 24.4 Å². The summed E-state index contributed by atoms with van der Waals surface area (Å²) >= 11 is 0. The lowest BCUT2D eigenvalue weighted by molar-refractivity contribution is 0.227. The number of urea groups is 1. The molecule has 1 aliphatic rings. The number of rotatable bonds is 7. The van der Waals surface area contributed by atoms with E-state index < -0.39 is 0 Å². The number of carbonyl (C=O) groups is 1. The molecule has 0 radical (unpaired) electrons. The van der Waals surface area contributed by atoms with Gasteiger partial charge in [-0.3, -0.25) is 4.90 Å². The second-order valence-electron chi connectivity index (χ2n) is 6.60. The van der Waals surface area contributed by atoms with Crippen molar-refractivity contribution in [3.05, 3.63) is 54.1 Å². The smallest absolute Gasteiger partial charge is 0.319 e. The van der Waals surface area contributed by atoms with Crippen LogP contribution in [0.4, 0.5) is 10.5 Å². The van der Waals surface area contributed by atoms with Crippen molar-refractivity contribution in [1.82, 2.24) is 10.2 Å².